The van der Waals surface area contributed by atoms with Crippen molar-refractivity contribution in [2.45, 2.75) is 153 Å². The molecule has 15 heteroatoms. The number of rotatable bonds is 14. The second-order valence-corrected chi connectivity index (χ2v) is 16.4. The highest BCUT2D eigenvalue weighted by atomic mass is 19.4. The zero-order chi connectivity index (χ0) is 37.8. The van der Waals surface area contributed by atoms with Gasteiger partial charge in [-0.2, -0.15) is 13.2 Å². The van der Waals surface area contributed by atoms with E-state index in [0.717, 1.165) is 57.6 Å². The first-order chi connectivity index (χ1) is 24.6. The van der Waals surface area contributed by atoms with Crippen LogP contribution >= 0.6 is 0 Å². The molecule has 52 heavy (non-hydrogen) atoms. The summed E-state index contributed by atoms with van der Waals surface area (Å²) in [7, 11) is 0. The molecule has 1 unspecified atom stereocenters. The number of carbonyl (C=O) groups is 4. The van der Waals surface area contributed by atoms with Crippen molar-refractivity contribution >= 4 is 23.6 Å². The molecule has 4 aliphatic rings. The minimum Gasteiger partial charge on any atom is -0.381 e. The van der Waals surface area contributed by atoms with Crippen LogP contribution in [-0.4, -0.2) is 92.6 Å². The van der Waals surface area contributed by atoms with Crippen LogP contribution in [0.3, 0.4) is 0 Å². The highest BCUT2D eigenvalue weighted by molar-refractivity contribution is 5.94. The first kappa shape index (κ1) is 39.9. The third-order valence-corrected chi connectivity index (χ3v) is 11.3. The molecule has 5 rings (SSSR count). The van der Waals surface area contributed by atoms with Gasteiger partial charge in [-0.15, -0.1) is 0 Å². The summed E-state index contributed by atoms with van der Waals surface area (Å²) < 4.78 is 43.5. The molecule has 0 radical (unpaired) electrons. The van der Waals surface area contributed by atoms with Gasteiger partial charge in [0.15, 0.2) is 6.10 Å². The first-order valence-electron chi connectivity index (χ1n) is 19.1. The Kier molecular flexibility index (Phi) is 12.9. The van der Waals surface area contributed by atoms with Crippen LogP contribution in [0.4, 0.5) is 13.2 Å². The number of hydrogen-bond donors (Lipinski definition) is 5. The molecule has 290 valence electrons. The Hall–Kier alpha value is -3.33. The van der Waals surface area contributed by atoms with Crippen LogP contribution in [0, 0.1) is 23.2 Å². The van der Waals surface area contributed by atoms with Crippen LogP contribution in [0.2, 0.25) is 0 Å². The molecule has 2 heterocycles. The van der Waals surface area contributed by atoms with Crippen molar-refractivity contribution in [2.24, 2.45) is 23.2 Å². The molecule has 1 aliphatic heterocycles. The molecule has 1 saturated heterocycles. The maximum absolute atomic E-state index is 14.7. The number of fused-ring (bicyclic) bond motifs is 1. The summed E-state index contributed by atoms with van der Waals surface area (Å²) in [6.07, 6.45) is 5.87. The quantitative estimate of drug-likeness (QED) is 0.193. The maximum atomic E-state index is 14.7. The molecular weight excluding hydrogens is 679 g/mol. The predicted octanol–water partition coefficient (Wildman–Crippen LogP) is 3.70. The van der Waals surface area contributed by atoms with E-state index in [-0.39, 0.29) is 23.6 Å². The first-order valence-corrected chi connectivity index (χ1v) is 19.1. The van der Waals surface area contributed by atoms with Crippen LogP contribution in [0.1, 0.15) is 116 Å². The topological polar surface area (TPSA) is 166 Å². The van der Waals surface area contributed by atoms with Crippen molar-refractivity contribution in [1.29, 1.82) is 0 Å². The van der Waals surface area contributed by atoms with Crippen molar-refractivity contribution in [3.8, 4) is 0 Å². The number of nitrogens with one attached hydrogen (secondary N) is 4. The van der Waals surface area contributed by atoms with E-state index in [0.29, 0.717) is 32.2 Å². The van der Waals surface area contributed by atoms with Crippen LogP contribution in [0.15, 0.2) is 18.6 Å². The minimum atomic E-state index is -4.78. The van der Waals surface area contributed by atoms with Gasteiger partial charge in [-0.1, -0.05) is 59.8 Å². The average molecular weight is 736 g/mol. The summed E-state index contributed by atoms with van der Waals surface area (Å²) in [5, 5.41) is 22.1. The number of aromatic nitrogens is 2. The summed E-state index contributed by atoms with van der Waals surface area (Å²) in [6, 6.07) is -6.41. The summed E-state index contributed by atoms with van der Waals surface area (Å²) >= 11 is 0. The van der Waals surface area contributed by atoms with Crippen molar-refractivity contribution in [3.05, 3.63) is 24.3 Å². The number of halogens is 3. The smallest absolute Gasteiger partial charge is 0.381 e. The van der Waals surface area contributed by atoms with Gasteiger partial charge in [0.05, 0.1) is 24.0 Å². The zero-order valence-electron chi connectivity index (χ0n) is 30.8. The fourth-order valence-corrected chi connectivity index (χ4v) is 8.38. The van der Waals surface area contributed by atoms with Crippen molar-refractivity contribution < 1.29 is 37.5 Å². The van der Waals surface area contributed by atoms with E-state index in [1.807, 2.05) is 6.92 Å². The van der Waals surface area contributed by atoms with Gasteiger partial charge in [0.25, 0.3) is 5.91 Å². The van der Waals surface area contributed by atoms with Gasteiger partial charge in [-0.25, -0.2) is 0 Å². The number of aliphatic hydroxyl groups is 1. The Morgan fingerprint density at radius 2 is 1.65 bits per heavy atom. The van der Waals surface area contributed by atoms with Crippen LogP contribution < -0.4 is 21.3 Å². The monoisotopic (exact) mass is 735 g/mol. The van der Waals surface area contributed by atoms with Crippen molar-refractivity contribution in [1.82, 2.24) is 36.1 Å². The van der Waals surface area contributed by atoms with E-state index in [2.05, 4.69) is 31.2 Å². The summed E-state index contributed by atoms with van der Waals surface area (Å²) in [6.45, 7) is 7.50. The molecule has 8 atom stereocenters. The lowest BCUT2D eigenvalue weighted by atomic mass is 9.81. The van der Waals surface area contributed by atoms with Gasteiger partial charge in [-0.3, -0.25) is 34.5 Å². The third-order valence-electron chi connectivity index (χ3n) is 11.3. The van der Waals surface area contributed by atoms with E-state index >= 15 is 0 Å². The lowest BCUT2D eigenvalue weighted by molar-refractivity contribution is -0.163. The van der Waals surface area contributed by atoms with E-state index in [1.54, 1.807) is 20.8 Å². The molecule has 3 aliphatic carbocycles. The molecule has 1 aromatic rings. The lowest BCUT2D eigenvalue weighted by Crippen LogP contribution is -2.62. The van der Waals surface area contributed by atoms with Gasteiger partial charge < -0.3 is 26.0 Å². The highest BCUT2D eigenvalue weighted by Crippen LogP contribution is 2.43. The Labute approximate surface area is 304 Å². The standard InChI is InChI=1S/C37H56F3N7O5/c1-5-10-25(29(48)34(51)43-23-15-16-23)44-33(50)28-24-14-9-13-22(24)20-47(28)35(52)31(36(2,3)4)46-32(49)27(21-11-7-6-8-12-21)45-30(37(38,39)40)26-19-41-17-18-42-26/h17-19,21-25,27-31,45,48H,5-16,20H2,1-4H3,(H,43,51)(H,44,50)(H,46,49)/t22-,24-,25-,27+,28-,29?,30-,31+/m0/s1. The lowest BCUT2D eigenvalue weighted by Gasteiger charge is -2.39. The Balaban J connectivity index is 1.39. The minimum absolute atomic E-state index is 0.0335. The highest BCUT2D eigenvalue weighted by Gasteiger charge is 2.53. The van der Waals surface area contributed by atoms with Crippen LogP contribution in [0.5, 0.6) is 0 Å². The number of carbonyl (C=O) groups excluding carboxylic acids is 4. The van der Waals surface area contributed by atoms with Gasteiger partial charge in [-0.05, 0) is 68.1 Å². The SMILES string of the molecule is CCC[C@H](NC(=O)[C@@H]1[C@H]2CCC[C@H]2CN1C(=O)[C@@H](NC(=O)[C@H](N[C@@H](c1cnccn1)C(F)(F)F)C1CCCCC1)C(C)(C)C)C(O)C(=O)NC1CC1. The fraction of sp³-hybridized carbons (Fsp3) is 0.784. The van der Waals surface area contributed by atoms with E-state index in [4.69, 9.17) is 0 Å². The molecule has 0 spiro atoms. The molecule has 12 nitrogen and oxygen atoms in total. The number of amides is 4. The number of alkyl halides is 3. The van der Waals surface area contributed by atoms with E-state index < -0.39 is 77.5 Å². The second kappa shape index (κ2) is 16.8. The van der Waals surface area contributed by atoms with Gasteiger partial charge >= 0.3 is 6.18 Å². The maximum Gasteiger partial charge on any atom is 0.409 e. The molecule has 5 N–H and O–H groups in total. The van der Waals surface area contributed by atoms with E-state index in [1.165, 1.54) is 17.3 Å². The summed E-state index contributed by atoms with van der Waals surface area (Å²) in [4.78, 5) is 65.0. The Bertz CT molecular complexity index is 1400. The number of nitrogens with zero attached hydrogens (tertiary/aromatic N) is 3. The summed E-state index contributed by atoms with van der Waals surface area (Å²) in [5.41, 5.74) is -1.24. The Morgan fingerprint density at radius 1 is 0.942 bits per heavy atom. The number of hydrogen-bond acceptors (Lipinski definition) is 8. The number of likely N-dealkylation sites (tertiary alicyclic amines) is 1. The zero-order valence-corrected chi connectivity index (χ0v) is 30.8. The summed E-state index contributed by atoms with van der Waals surface area (Å²) in [5.74, 6) is -2.70. The molecule has 4 fully saturated rings. The van der Waals surface area contributed by atoms with Crippen molar-refractivity contribution in [3.63, 3.8) is 0 Å². The fourth-order valence-electron chi connectivity index (χ4n) is 8.38. The van der Waals surface area contributed by atoms with Crippen LogP contribution in [0.25, 0.3) is 0 Å². The van der Waals surface area contributed by atoms with Gasteiger partial charge in [0.2, 0.25) is 17.7 Å². The van der Waals surface area contributed by atoms with E-state index in [9.17, 15) is 37.5 Å². The third kappa shape index (κ3) is 9.61. The van der Waals surface area contributed by atoms with Gasteiger partial charge in [0.1, 0.15) is 18.1 Å². The molecule has 0 bridgehead atoms. The number of aliphatic hydroxyl groups excluding tert-OH is 1. The van der Waals surface area contributed by atoms with Gasteiger partial charge in [0, 0.05) is 25.0 Å². The molecule has 0 aromatic carbocycles. The molecule has 1 aromatic heterocycles. The Morgan fingerprint density at radius 3 is 2.25 bits per heavy atom. The molecule has 4 amide bonds. The molecular formula is C37H56F3N7O5. The average Bonchev–Trinajstić information content (AvgIpc) is 3.66. The predicted molar refractivity (Wildman–Crippen MR) is 186 cm³/mol. The largest absolute Gasteiger partial charge is 0.409 e. The normalized spacial score (nSPS) is 25.4. The van der Waals surface area contributed by atoms with Crippen molar-refractivity contribution in [2.75, 3.05) is 6.54 Å². The molecule has 3 saturated carbocycles. The second-order valence-electron chi connectivity index (χ2n) is 16.4. The van der Waals surface area contributed by atoms with Crippen LogP contribution in [-0.2, 0) is 19.2 Å².